The summed E-state index contributed by atoms with van der Waals surface area (Å²) < 4.78 is 0. The first kappa shape index (κ1) is 13.5. The van der Waals surface area contributed by atoms with Crippen molar-refractivity contribution in [2.45, 2.75) is 25.9 Å². The molecule has 0 spiro atoms. The third-order valence-corrected chi connectivity index (χ3v) is 4.12. The average Bonchev–Trinajstić information content (AvgIpc) is 2.37. The highest BCUT2D eigenvalue weighted by Gasteiger charge is 2.26. The summed E-state index contributed by atoms with van der Waals surface area (Å²) in [4.78, 5) is 4.94. The van der Waals surface area contributed by atoms with Gasteiger partial charge in [-0.3, -0.25) is 4.90 Å². The Bertz CT molecular complexity index is 374. The minimum atomic E-state index is 0.363. The van der Waals surface area contributed by atoms with Gasteiger partial charge in [-0.05, 0) is 26.5 Å². The second-order valence-electron chi connectivity index (χ2n) is 5.49. The quantitative estimate of drug-likeness (QED) is 0.881. The standard InChI is InChI=1S/C15H25N3/c1-12-4-6-14(7-5-12)15(10-16)18-9-8-17(3)13(2)11-18/h4-7,13,15H,8-11,16H2,1-3H3. The maximum absolute atomic E-state index is 6.00. The zero-order valence-corrected chi connectivity index (χ0v) is 11.8. The van der Waals surface area contributed by atoms with Crippen molar-refractivity contribution in [3.63, 3.8) is 0 Å². The van der Waals surface area contributed by atoms with E-state index in [9.17, 15) is 0 Å². The number of piperazine rings is 1. The summed E-state index contributed by atoms with van der Waals surface area (Å²) in [6.07, 6.45) is 0. The molecule has 100 valence electrons. The zero-order valence-electron chi connectivity index (χ0n) is 11.8. The molecule has 1 saturated heterocycles. The fraction of sp³-hybridized carbons (Fsp3) is 0.600. The van der Waals surface area contributed by atoms with E-state index in [2.05, 4.69) is 55.0 Å². The van der Waals surface area contributed by atoms with Gasteiger partial charge in [0.15, 0.2) is 0 Å². The molecule has 3 nitrogen and oxygen atoms in total. The smallest absolute Gasteiger partial charge is 0.0471 e. The molecule has 1 aromatic rings. The Hall–Kier alpha value is -0.900. The van der Waals surface area contributed by atoms with Crippen LogP contribution in [0.1, 0.15) is 24.1 Å². The van der Waals surface area contributed by atoms with E-state index in [0.29, 0.717) is 18.6 Å². The topological polar surface area (TPSA) is 32.5 Å². The molecule has 2 N–H and O–H groups in total. The summed E-state index contributed by atoms with van der Waals surface area (Å²) in [5.41, 5.74) is 8.65. The molecule has 0 amide bonds. The molecule has 1 heterocycles. The van der Waals surface area contributed by atoms with Crippen molar-refractivity contribution in [2.75, 3.05) is 33.2 Å². The van der Waals surface area contributed by atoms with Crippen LogP contribution in [0.25, 0.3) is 0 Å². The molecule has 0 saturated carbocycles. The van der Waals surface area contributed by atoms with E-state index in [1.165, 1.54) is 11.1 Å². The van der Waals surface area contributed by atoms with Crippen LogP contribution < -0.4 is 5.73 Å². The Kier molecular flexibility index (Phi) is 4.38. The predicted octanol–water partition coefficient (Wildman–Crippen LogP) is 1.63. The van der Waals surface area contributed by atoms with Crippen LogP contribution >= 0.6 is 0 Å². The van der Waals surface area contributed by atoms with E-state index < -0.39 is 0 Å². The van der Waals surface area contributed by atoms with Crippen molar-refractivity contribution in [2.24, 2.45) is 5.73 Å². The first-order chi connectivity index (χ1) is 8.61. The van der Waals surface area contributed by atoms with Crippen molar-refractivity contribution in [1.82, 2.24) is 9.80 Å². The molecule has 2 rings (SSSR count). The van der Waals surface area contributed by atoms with Gasteiger partial charge in [-0.25, -0.2) is 0 Å². The van der Waals surface area contributed by atoms with E-state index in [0.717, 1.165) is 19.6 Å². The first-order valence-electron chi connectivity index (χ1n) is 6.82. The largest absolute Gasteiger partial charge is 0.329 e. The number of aryl methyl sites for hydroxylation is 1. The van der Waals surface area contributed by atoms with Crippen LogP contribution in [0.5, 0.6) is 0 Å². The predicted molar refractivity (Wildman–Crippen MR) is 76.6 cm³/mol. The van der Waals surface area contributed by atoms with Gasteiger partial charge in [0, 0.05) is 38.3 Å². The highest BCUT2D eigenvalue weighted by atomic mass is 15.3. The minimum Gasteiger partial charge on any atom is -0.329 e. The summed E-state index contributed by atoms with van der Waals surface area (Å²) in [6.45, 7) is 8.44. The first-order valence-corrected chi connectivity index (χ1v) is 6.82. The van der Waals surface area contributed by atoms with Crippen molar-refractivity contribution in [3.8, 4) is 0 Å². The van der Waals surface area contributed by atoms with Gasteiger partial charge < -0.3 is 10.6 Å². The Morgan fingerprint density at radius 1 is 1.28 bits per heavy atom. The summed E-state index contributed by atoms with van der Waals surface area (Å²) in [5.74, 6) is 0. The average molecular weight is 247 g/mol. The number of hydrogen-bond acceptors (Lipinski definition) is 3. The van der Waals surface area contributed by atoms with Crippen LogP contribution in [0.3, 0.4) is 0 Å². The van der Waals surface area contributed by atoms with Crippen LogP contribution in [0, 0.1) is 6.92 Å². The molecule has 1 aromatic carbocycles. The summed E-state index contributed by atoms with van der Waals surface area (Å²) in [5, 5.41) is 0. The fourth-order valence-electron chi connectivity index (χ4n) is 2.64. The fourth-order valence-corrected chi connectivity index (χ4v) is 2.64. The maximum atomic E-state index is 6.00. The van der Waals surface area contributed by atoms with Gasteiger partial charge in [0.1, 0.15) is 0 Å². The molecule has 0 bridgehead atoms. The molecular formula is C15H25N3. The van der Waals surface area contributed by atoms with E-state index in [1.54, 1.807) is 0 Å². The normalized spacial score (nSPS) is 24.1. The molecule has 1 aliphatic rings. The molecule has 3 heteroatoms. The number of likely N-dealkylation sites (N-methyl/N-ethyl adjacent to an activating group) is 1. The molecule has 1 fully saturated rings. The van der Waals surface area contributed by atoms with Crippen LogP contribution in [-0.4, -0.2) is 49.1 Å². The van der Waals surface area contributed by atoms with Gasteiger partial charge in [-0.15, -0.1) is 0 Å². The SMILES string of the molecule is Cc1ccc(C(CN)N2CCN(C)C(C)C2)cc1. The Morgan fingerprint density at radius 3 is 2.50 bits per heavy atom. The van der Waals surface area contributed by atoms with Crippen LogP contribution in [0.4, 0.5) is 0 Å². The van der Waals surface area contributed by atoms with Crippen molar-refractivity contribution < 1.29 is 0 Å². The lowest BCUT2D eigenvalue weighted by Crippen LogP contribution is -2.52. The van der Waals surface area contributed by atoms with Crippen LogP contribution in [0.15, 0.2) is 24.3 Å². The van der Waals surface area contributed by atoms with Crippen LogP contribution in [0.2, 0.25) is 0 Å². The summed E-state index contributed by atoms with van der Waals surface area (Å²) in [7, 11) is 2.20. The third-order valence-electron chi connectivity index (χ3n) is 4.12. The molecule has 0 radical (unpaired) electrons. The van der Waals surface area contributed by atoms with E-state index in [1.807, 2.05) is 0 Å². The molecule has 0 aliphatic carbocycles. The highest BCUT2D eigenvalue weighted by molar-refractivity contribution is 5.24. The third kappa shape index (κ3) is 2.91. The van der Waals surface area contributed by atoms with E-state index in [4.69, 9.17) is 5.73 Å². The molecule has 18 heavy (non-hydrogen) atoms. The van der Waals surface area contributed by atoms with Crippen LogP contribution in [-0.2, 0) is 0 Å². The number of benzene rings is 1. The lowest BCUT2D eigenvalue weighted by molar-refractivity contribution is 0.0741. The number of nitrogens with zero attached hydrogens (tertiary/aromatic N) is 2. The maximum Gasteiger partial charge on any atom is 0.0471 e. The molecule has 0 aromatic heterocycles. The molecule has 2 atom stereocenters. The Balaban J connectivity index is 2.11. The Labute approximate surface area is 111 Å². The minimum absolute atomic E-state index is 0.363. The highest BCUT2D eigenvalue weighted by Crippen LogP contribution is 2.23. The lowest BCUT2D eigenvalue weighted by Gasteiger charge is -2.41. The van der Waals surface area contributed by atoms with Gasteiger partial charge in [0.25, 0.3) is 0 Å². The molecule has 1 aliphatic heterocycles. The van der Waals surface area contributed by atoms with Crippen molar-refractivity contribution in [1.29, 1.82) is 0 Å². The number of rotatable bonds is 3. The molecular weight excluding hydrogens is 222 g/mol. The number of hydrogen-bond donors (Lipinski definition) is 1. The zero-order chi connectivity index (χ0) is 13.1. The Morgan fingerprint density at radius 2 is 1.94 bits per heavy atom. The summed E-state index contributed by atoms with van der Waals surface area (Å²) in [6, 6.07) is 9.76. The van der Waals surface area contributed by atoms with Gasteiger partial charge in [0.2, 0.25) is 0 Å². The lowest BCUT2D eigenvalue weighted by atomic mass is 10.0. The van der Waals surface area contributed by atoms with E-state index in [-0.39, 0.29) is 0 Å². The monoisotopic (exact) mass is 247 g/mol. The second kappa shape index (κ2) is 5.83. The molecule has 2 unspecified atom stereocenters. The van der Waals surface area contributed by atoms with Crippen molar-refractivity contribution >= 4 is 0 Å². The van der Waals surface area contributed by atoms with Gasteiger partial charge in [-0.1, -0.05) is 29.8 Å². The van der Waals surface area contributed by atoms with E-state index >= 15 is 0 Å². The van der Waals surface area contributed by atoms with Gasteiger partial charge >= 0.3 is 0 Å². The van der Waals surface area contributed by atoms with Gasteiger partial charge in [-0.2, -0.15) is 0 Å². The van der Waals surface area contributed by atoms with Gasteiger partial charge in [0.05, 0.1) is 0 Å². The van der Waals surface area contributed by atoms with Crippen molar-refractivity contribution in [3.05, 3.63) is 35.4 Å². The second-order valence-corrected chi connectivity index (χ2v) is 5.49. The number of nitrogens with two attached hydrogens (primary N) is 1. The summed E-state index contributed by atoms with van der Waals surface area (Å²) >= 11 is 0.